The van der Waals surface area contributed by atoms with Crippen molar-refractivity contribution in [2.24, 2.45) is 5.92 Å². The van der Waals surface area contributed by atoms with Crippen LogP contribution in [-0.4, -0.2) is 24.1 Å². The van der Waals surface area contributed by atoms with Crippen LogP contribution in [0.3, 0.4) is 0 Å². The second-order valence-electron chi connectivity index (χ2n) is 5.57. The number of hydrogen-bond acceptors (Lipinski definition) is 4. The van der Waals surface area contributed by atoms with E-state index in [9.17, 15) is 4.79 Å². The zero-order chi connectivity index (χ0) is 15.9. The van der Waals surface area contributed by atoms with Gasteiger partial charge in [0, 0.05) is 36.6 Å². The molecule has 23 heavy (non-hydrogen) atoms. The first kappa shape index (κ1) is 15.9. The average molecular weight is 328 g/mol. The summed E-state index contributed by atoms with van der Waals surface area (Å²) in [4.78, 5) is 17.6. The highest BCUT2D eigenvalue weighted by molar-refractivity contribution is 7.10. The van der Waals surface area contributed by atoms with Gasteiger partial charge in [0.15, 0.2) is 0 Å². The lowest BCUT2D eigenvalue weighted by Crippen LogP contribution is -2.35. The Balaban J connectivity index is 1.71. The lowest BCUT2D eigenvalue weighted by Gasteiger charge is -2.30. The van der Waals surface area contributed by atoms with Crippen LogP contribution >= 0.6 is 11.3 Å². The highest BCUT2D eigenvalue weighted by Crippen LogP contribution is 2.29. The van der Waals surface area contributed by atoms with Crippen LogP contribution in [0.2, 0.25) is 0 Å². The standard InChI is InChI=1S/C18H20N2O2S/c21-17(6-5-16-4-2-12-23-16)20-18(14-7-10-22-11-8-14)15-3-1-9-19-13-15/h1-6,9,12-14,18H,7-8,10-11H2,(H,20,21)/b6-5+. The van der Waals surface area contributed by atoms with Crippen molar-refractivity contribution in [3.05, 3.63) is 58.6 Å². The summed E-state index contributed by atoms with van der Waals surface area (Å²) in [6.07, 6.45) is 8.95. The molecule has 1 fully saturated rings. The normalized spacial score (nSPS) is 17.2. The van der Waals surface area contributed by atoms with Crippen molar-refractivity contribution in [2.75, 3.05) is 13.2 Å². The van der Waals surface area contributed by atoms with Gasteiger partial charge in [0.1, 0.15) is 0 Å². The molecule has 2 aromatic heterocycles. The fourth-order valence-corrected chi connectivity index (χ4v) is 3.45. The largest absolute Gasteiger partial charge is 0.381 e. The molecule has 1 saturated heterocycles. The summed E-state index contributed by atoms with van der Waals surface area (Å²) in [5, 5.41) is 5.15. The molecule has 1 unspecified atom stereocenters. The molecule has 5 heteroatoms. The summed E-state index contributed by atoms with van der Waals surface area (Å²) in [6, 6.07) is 7.88. The third kappa shape index (κ3) is 4.50. The van der Waals surface area contributed by atoms with Gasteiger partial charge in [-0.2, -0.15) is 0 Å². The number of carbonyl (C=O) groups excluding carboxylic acids is 1. The average Bonchev–Trinajstić information content (AvgIpc) is 3.13. The molecule has 0 radical (unpaired) electrons. The second-order valence-corrected chi connectivity index (χ2v) is 6.55. The van der Waals surface area contributed by atoms with E-state index in [0.29, 0.717) is 5.92 Å². The highest BCUT2D eigenvalue weighted by Gasteiger charge is 2.26. The third-order valence-electron chi connectivity index (χ3n) is 4.02. The SMILES string of the molecule is O=C(/C=C/c1cccs1)NC(c1cccnc1)C1CCOCC1. The number of carbonyl (C=O) groups is 1. The molecule has 1 N–H and O–H groups in total. The number of ether oxygens (including phenoxy) is 1. The van der Waals surface area contributed by atoms with Crippen LogP contribution in [0.4, 0.5) is 0 Å². The van der Waals surface area contributed by atoms with Crippen LogP contribution in [-0.2, 0) is 9.53 Å². The number of hydrogen-bond donors (Lipinski definition) is 1. The van der Waals surface area contributed by atoms with Gasteiger partial charge in [-0.3, -0.25) is 9.78 Å². The Bertz CT molecular complexity index is 634. The Morgan fingerprint density at radius 3 is 2.91 bits per heavy atom. The Morgan fingerprint density at radius 2 is 2.22 bits per heavy atom. The number of nitrogens with one attached hydrogen (secondary N) is 1. The number of aromatic nitrogens is 1. The quantitative estimate of drug-likeness (QED) is 0.856. The minimum atomic E-state index is -0.0706. The summed E-state index contributed by atoms with van der Waals surface area (Å²) < 4.78 is 5.45. The maximum Gasteiger partial charge on any atom is 0.244 e. The maximum atomic E-state index is 12.3. The first-order valence-electron chi connectivity index (χ1n) is 7.82. The van der Waals surface area contributed by atoms with E-state index in [-0.39, 0.29) is 11.9 Å². The molecule has 4 nitrogen and oxygen atoms in total. The van der Waals surface area contributed by atoms with Gasteiger partial charge in [-0.15, -0.1) is 11.3 Å². The van der Waals surface area contributed by atoms with Gasteiger partial charge >= 0.3 is 0 Å². The van der Waals surface area contributed by atoms with Crippen LogP contribution in [0.1, 0.15) is 29.3 Å². The molecule has 1 aliphatic rings. The smallest absolute Gasteiger partial charge is 0.244 e. The minimum Gasteiger partial charge on any atom is -0.381 e. The van der Waals surface area contributed by atoms with Crippen molar-refractivity contribution in [1.82, 2.24) is 10.3 Å². The summed E-state index contributed by atoms with van der Waals surface area (Å²) in [5.74, 6) is 0.311. The predicted octanol–water partition coefficient (Wildman–Crippen LogP) is 3.44. The Morgan fingerprint density at radius 1 is 1.35 bits per heavy atom. The van der Waals surface area contributed by atoms with E-state index in [0.717, 1.165) is 36.5 Å². The van der Waals surface area contributed by atoms with E-state index in [1.807, 2.05) is 41.9 Å². The second kappa shape index (κ2) is 8.04. The topological polar surface area (TPSA) is 51.2 Å². The first-order valence-corrected chi connectivity index (χ1v) is 8.70. The van der Waals surface area contributed by atoms with E-state index in [4.69, 9.17) is 4.74 Å². The van der Waals surface area contributed by atoms with Gasteiger partial charge in [0.05, 0.1) is 6.04 Å². The van der Waals surface area contributed by atoms with Gasteiger partial charge in [0.2, 0.25) is 5.91 Å². The van der Waals surface area contributed by atoms with E-state index < -0.39 is 0 Å². The summed E-state index contributed by atoms with van der Waals surface area (Å²) >= 11 is 1.61. The molecular formula is C18H20N2O2S. The van der Waals surface area contributed by atoms with Crippen molar-refractivity contribution in [3.63, 3.8) is 0 Å². The fourth-order valence-electron chi connectivity index (χ4n) is 2.83. The van der Waals surface area contributed by atoms with Gasteiger partial charge in [0.25, 0.3) is 0 Å². The molecule has 0 saturated carbocycles. The van der Waals surface area contributed by atoms with Crippen molar-refractivity contribution < 1.29 is 9.53 Å². The third-order valence-corrected chi connectivity index (χ3v) is 4.86. The molecule has 0 aromatic carbocycles. The molecule has 0 bridgehead atoms. The Hall–Kier alpha value is -1.98. The van der Waals surface area contributed by atoms with Crippen LogP contribution < -0.4 is 5.32 Å². The lowest BCUT2D eigenvalue weighted by atomic mass is 9.87. The minimum absolute atomic E-state index is 0.0203. The van der Waals surface area contributed by atoms with Crippen molar-refractivity contribution >= 4 is 23.3 Å². The number of rotatable bonds is 5. The Labute approximate surface area is 140 Å². The zero-order valence-electron chi connectivity index (χ0n) is 12.9. The maximum absolute atomic E-state index is 12.3. The molecule has 3 heterocycles. The zero-order valence-corrected chi connectivity index (χ0v) is 13.7. The van der Waals surface area contributed by atoms with Gasteiger partial charge < -0.3 is 10.1 Å². The van der Waals surface area contributed by atoms with Crippen molar-refractivity contribution in [1.29, 1.82) is 0 Å². The van der Waals surface area contributed by atoms with Crippen molar-refractivity contribution in [2.45, 2.75) is 18.9 Å². The van der Waals surface area contributed by atoms with Gasteiger partial charge in [-0.1, -0.05) is 12.1 Å². The first-order chi connectivity index (χ1) is 11.3. The molecule has 3 rings (SSSR count). The van der Waals surface area contributed by atoms with E-state index >= 15 is 0 Å². The molecule has 2 aromatic rings. The highest BCUT2D eigenvalue weighted by atomic mass is 32.1. The number of amides is 1. The monoisotopic (exact) mass is 328 g/mol. The molecule has 1 amide bonds. The Kier molecular flexibility index (Phi) is 5.56. The number of thiophene rings is 1. The molecule has 1 aliphatic heterocycles. The number of pyridine rings is 1. The molecule has 120 valence electrons. The van der Waals surface area contributed by atoms with Gasteiger partial charge in [-0.05, 0) is 47.9 Å². The van der Waals surface area contributed by atoms with Crippen LogP contribution in [0.15, 0.2) is 48.1 Å². The molecular weight excluding hydrogens is 308 g/mol. The van der Waals surface area contributed by atoms with Gasteiger partial charge in [-0.25, -0.2) is 0 Å². The summed E-state index contributed by atoms with van der Waals surface area (Å²) in [5.41, 5.74) is 1.05. The molecule has 1 atom stereocenters. The van der Waals surface area contributed by atoms with Crippen LogP contribution in [0, 0.1) is 5.92 Å². The van der Waals surface area contributed by atoms with Crippen molar-refractivity contribution in [3.8, 4) is 0 Å². The van der Waals surface area contributed by atoms with E-state index in [1.54, 1.807) is 23.6 Å². The predicted molar refractivity (Wildman–Crippen MR) is 92.0 cm³/mol. The van der Waals surface area contributed by atoms with E-state index in [1.165, 1.54) is 0 Å². The van der Waals surface area contributed by atoms with E-state index in [2.05, 4.69) is 10.3 Å². The lowest BCUT2D eigenvalue weighted by molar-refractivity contribution is -0.117. The van der Waals surface area contributed by atoms with Crippen LogP contribution in [0.5, 0.6) is 0 Å². The number of nitrogens with zero attached hydrogens (tertiary/aromatic N) is 1. The van der Waals surface area contributed by atoms with Crippen LogP contribution in [0.25, 0.3) is 6.08 Å². The summed E-state index contributed by atoms with van der Waals surface area (Å²) in [6.45, 7) is 1.50. The fraction of sp³-hybridized carbons (Fsp3) is 0.333. The molecule has 0 aliphatic carbocycles. The summed E-state index contributed by atoms with van der Waals surface area (Å²) in [7, 11) is 0. The molecule has 0 spiro atoms.